The Kier molecular flexibility index (Phi) is 7.77. The van der Waals surface area contributed by atoms with Crippen molar-refractivity contribution in [3.05, 3.63) is 0 Å². The summed E-state index contributed by atoms with van der Waals surface area (Å²) in [4.78, 5) is 25.0. The fraction of sp³-hybridized carbons (Fsp3) is 0.909. The summed E-state index contributed by atoms with van der Waals surface area (Å²) in [7, 11) is 0. The van der Waals surface area contributed by atoms with E-state index >= 15 is 0 Å². The van der Waals surface area contributed by atoms with Gasteiger partial charge in [-0.15, -0.1) is 0 Å². The maximum absolute atomic E-state index is 12.5. The van der Waals surface area contributed by atoms with Crippen LogP contribution in [0.4, 0.5) is 4.79 Å². The largest absolute Gasteiger partial charge is 0.460 e. The van der Waals surface area contributed by atoms with E-state index in [-0.39, 0.29) is 12.0 Å². The Morgan fingerprint density at radius 2 is 1.82 bits per heavy atom. The van der Waals surface area contributed by atoms with Gasteiger partial charge in [-0.05, 0) is 46.0 Å². The van der Waals surface area contributed by atoms with Crippen LogP contribution in [0.1, 0.15) is 92.4 Å². The number of rotatable bonds is 7. The van der Waals surface area contributed by atoms with Crippen molar-refractivity contribution in [1.29, 1.82) is 0 Å². The smallest absolute Gasteiger partial charge is 0.408 e. The molecular weight excluding hydrogens is 358 g/mol. The van der Waals surface area contributed by atoms with E-state index in [1.807, 2.05) is 34.6 Å². The van der Waals surface area contributed by atoms with Crippen molar-refractivity contribution in [2.45, 2.75) is 116 Å². The second-order valence-electron chi connectivity index (χ2n) is 9.57. The third kappa shape index (κ3) is 6.10. The zero-order valence-electron chi connectivity index (χ0n) is 18.3. The minimum absolute atomic E-state index is 0.287. The first-order valence-corrected chi connectivity index (χ1v) is 11.0. The average Bonchev–Trinajstić information content (AvgIpc) is 3.02. The van der Waals surface area contributed by atoms with Crippen molar-refractivity contribution in [2.24, 2.45) is 11.8 Å². The van der Waals surface area contributed by atoms with Gasteiger partial charge in [0.15, 0.2) is 0 Å². The van der Waals surface area contributed by atoms with Crippen molar-refractivity contribution in [3.63, 3.8) is 0 Å². The van der Waals surface area contributed by atoms with E-state index in [1.165, 1.54) is 19.3 Å². The molecule has 2 N–H and O–H groups in total. The van der Waals surface area contributed by atoms with Gasteiger partial charge < -0.3 is 19.9 Å². The highest BCUT2D eigenvalue weighted by Gasteiger charge is 2.49. The maximum Gasteiger partial charge on any atom is 0.408 e. The van der Waals surface area contributed by atoms with Gasteiger partial charge in [-0.1, -0.05) is 46.0 Å². The zero-order chi connectivity index (χ0) is 20.9. The molecule has 1 saturated carbocycles. The Labute approximate surface area is 169 Å². The van der Waals surface area contributed by atoms with Crippen LogP contribution in [0.15, 0.2) is 0 Å². The van der Waals surface area contributed by atoms with Gasteiger partial charge in [0.2, 0.25) is 0 Å². The molecule has 0 bridgehead atoms. The number of carbonyl (C=O) groups excluding carboxylic acids is 2. The molecule has 0 unspecified atom stereocenters. The van der Waals surface area contributed by atoms with Crippen LogP contribution < -0.4 is 5.32 Å². The molecule has 2 rings (SSSR count). The number of hydrogen-bond acceptors (Lipinski definition) is 5. The van der Waals surface area contributed by atoms with E-state index in [0.29, 0.717) is 25.2 Å². The van der Waals surface area contributed by atoms with Crippen LogP contribution in [0, 0.1) is 11.8 Å². The van der Waals surface area contributed by atoms with Gasteiger partial charge in [-0.2, -0.15) is 0 Å². The quantitative estimate of drug-likeness (QED) is 0.625. The number of ether oxygens (including phenoxy) is 2. The van der Waals surface area contributed by atoms with Crippen LogP contribution >= 0.6 is 0 Å². The van der Waals surface area contributed by atoms with Crippen LogP contribution in [0.3, 0.4) is 0 Å². The van der Waals surface area contributed by atoms with E-state index in [2.05, 4.69) is 5.32 Å². The first-order valence-electron chi connectivity index (χ1n) is 11.0. The molecule has 1 saturated heterocycles. The summed E-state index contributed by atoms with van der Waals surface area (Å²) in [6.07, 6.45) is 7.29. The molecule has 28 heavy (non-hydrogen) atoms. The second kappa shape index (κ2) is 9.47. The number of aliphatic hydroxyl groups is 1. The molecule has 1 aliphatic heterocycles. The fourth-order valence-electron chi connectivity index (χ4n) is 4.58. The topological polar surface area (TPSA) is 84.9 Å². The van der Waals surface area contributed by atoms with Crippen LogP contribution in [-0.2, 0) is 14.3 Å². The van der Waals surface area contributed by atoms with Gasteiger partial charge in [0.25, 0.3) is 0 Å². The molecule has 162 valence electrons. The Morgan fingerprint density at radius 3 is 2.36 bits per heavy atom. The minimum Gasteiger partial charge on any atom is -0.460 e. The van der Waals surface area contributed by atoms with Gasteiger partial charge in [-0.3, -0.25) is 4.79 Å². The average molecular weight is 398 g/mol. The lowest BCUT2D eigenvalue weighted by atomic mass is 9.78. The standard InChI is InChI=1S/C22H39NO5/c1-6-22(26,7-2)16-14-18(27-19(16)24)17(13-15-11-9-8-10-12-15)23-20(25)28-21(3,4)5/h15-18,26H,6-14H2,1-5H3,(H,23,25)/t16-,17+,18+/m1/s1. The number of alkyl carbamates (subject to hydrolysis) is 1. The predicted molar refractivity (Wildman–Crippen MR) is 108 cm³/mol. The zero-order valence-corrected chi connectivity index (χ0v) is 18.3. The summed E-state index contributed by atoms with van der Waals surface area (Å²) >= 11 is 0. The first kappa shape index (κ1) is 23.0. The molecule has 6 nitrogen and oxygen atoms in total. The lowest BCUT2D eigenvalue weighted by Gasteiger charge is -2.31. The van der Waals surface area contributed by atoms with Gasteiger partial charge in [-0.25, -0.2) is 4.79 Å². The van der Waals surface area contributed by atoms with E-state index in [9.17, 15) is 14.7 Å². The van der Waals surface area contributed by atoms with E-state index in [1.54, 1.807) is 0 Å². The van der Waals surface area contributed by atoms with Crippen molar-refractivity contribution in [3.8, 4) is 0 Å². The van der Waals surface area contributed by atoms with E-state index < -0.39 is 29.3 Å². The van der Waals surface area contributed by atoms with Gasteiger partial charge in [0.05, 0.1) is 17.6 Å². The first-order chi connectivity index (χ1) is 13.1. The molecule has 1 heterocycles. The minimum atomic E-state index is -1.05. The van der Waals surface area contributed by atoms with Crippen molar-refractivity contribution < 1.29 is 24.2 Å². The van der Waals surface area contributed by atoms with E-state index in [4.69, 9.17) is 9.47 Å². The molecule has 0 aromatic heterocycles. The molecule has 0 aromatic rings. The highest BCUT2D eigenvalue weighted by atomic mass is 16.6. The maximum atomic E-state index is 12.5. The third-order valence-corrected chi connectivity index (χ3v) is 6.36. The van der Waals surface area contributed by atoms with Gasteiger partial charge in [0.1, 0.15) is 11.7 Å². The Balaban J connectivity index is 2.11. The van der Waals surface area contributed by atoms with Crippen LogP contribution in [0.2, 0.25) is 0 Å². The molecule has 0 aromatic carbocycles. The lowest BCUT2D eigenvalue weighted by molar-refractivity contribution is -0.152. The summed E-state index contributed by atoms with van der Waals surface area (Å²) < 4.78 is 11.1. The molecule has 3 atom stereocenters. The molecule has 1 amide bonds. The lowest BCUT2D eigenvalue weighted by Crippen LogP contribution is -2.47. The number of amides is 1. The van der Waals surface area contributed by atoms with Crippen LogP contribution in [0.5, 0.6) is 0 Å². The van der Waals surface area contributed by atoms with Crippen molar-refractivity contribution in [2.75, 3.05) is 0 Å². The molecule has 0 radical (unpaired) electrons. The molecule has 2 fully saturated rings. The molecule has 2 aliphatic rings. The Morgan fingerprint density at radius 1 is 1.21 bits per heavy atom. The van der Waals surface area contributed by atoms with Crippen LogP contribution in [-0.4, -0.2) is 40.5 Å². The van der Waals surface area contributed by atoms with Crippen LogP contribution in [0.25, 0.3) is 0 Å². The number of esters is 1. The van der Waals surface area contributed by atoms with Gasteiger partial charge in [0, 0.05) is 6.42 Å². The number of hydrogen-bond donors (Lipinski definition) is 2. The SMILES string of the molecule is CCC(O)(CC)[C@@H]1C[C@@H]([C@H](CC2CCCCC2)NC(=O)OC(C)(C)C)OC1=O. The highest BCUT2D eigenvalue weighted by Crippen LogP contribution is 2.38. The number of carbonyl (C=O) groups is 2. The fourth-order valence-corrected chi connectivity index (χ4v) is 4.58. The normalized spacial score (nSPS) is 25.3. The molecule has 0 spiro atoms. The Bertz CT molecular complexity index is 532. The number of nitrogens with one attached hydrogen (secondary N) is 1. The van der Waals surface area contributed by atoms with E-state index in [0.717, 1.165) is 19.3 Å². The summed E-state index contributed by atoms with van der Waals surface area (Å²) in [5.41, 5.74) is -1.63. The molecule has 1 aliphatic carbocycles. The van der Waals surface area contributed by atoms with Gasteiger partial charge >= 0.3 is 12.1 Å². The summed E-state index contributed by atoms with van der Waals surface area (Å²) in [6, 6.07) is -0.287. The second-order valence-corrected chi connectivity index (χ2v) is 9.57. The molecule has 6 heteroatoms. The van der Waals surface area contributed by atoms with Crippen molar-refractivity contribution >= 4 is 12.1 Å². The monoisotopic (exact) mass is 397 g/mol. The highest BCUT2D eigenvalue weighted by molar-refractivity contribution is 5.76. The molecular formula is C22H39NO5. The number of cyclic esters (lactones) is 1. The Hall–Kier alpha value is -1.30. The van der Waals surface area contributed by atoms with Crippen molar-refractivity contribution in [1.82, 2.24) is 5.32 Å². The third-order valence-electron chi connectivity index (χ3n) is 6.36. The predicted octanol–water partition coefficient (Wildman–Crippen LogP) is 4.33. The summed E-state index contributed by atoms with van der Waals surface area (Å²) in [5, 5.41) is 13.8. The summed E-state index contributed by atoms with van der Waals surface area (Å²) in [6.45, 7) is 9.27. The summed E-state index contributed by atoms with van der Waals surface area (Å²) in [5.74, 6) is -0.375.